The lowest BCUT2D eigenvalue weighted by Crippen LogP contribution is -2.41. The van der Waals surface area contributed by atoms with Crippen LogP contribution < -0.4 is 0 Å². The van der Waals surface area contributed by atoms with Gasteiger partial charge in [-0.2, -0.15) is 0 Å². The molecule has 0 bridgehead atoms. The van der Waals surface area contributed by atoms with Crippen molar-refractivity contribution in [1.29, 1.82) is 0 Å². The summed E-state index contributed by atoms with van der Waals surface area (Å²) < 4.78 is 10.2. The molecule has 1 saturated carbocycles. The van der Waals surface area contributed by atoms with Gasteiger partial charge < -0.3 is 19.7 Å². The lowest BCUT2D eigenvalue weighted by Gasteiger charge is -2.29. The first-order chi connectivity index (χ1) is 12.4. The summed E-state index contributed by atoms with van der Waals surface area (Å²) >= 11 is 0. The number of aliphatic hydroxyl groups excluding tert-OH is 2. The summed E-state index contributed by atoms with van der Waals surface area (Å²) in [5, 5.41) is 21.2. The molecule has 6 nitrogen and oxygen atoms in total. The van der Waals surface area contributed by atoms with Crippen LogP contribution in [0.3, 0.4) is 0 Å². The highest BCUT2D eigenvalue weighted by Gasteiger charge is 2.58. The molecular formula is C20H34O6. The molecule has 0 aromatic heterocycles. The van der Waals surface area contributed by atoms with Crippen LogP contribution in [0.15, 0.2) is 12.7 Å². The van der Waals surface area contributed by atoms with E-state index in [1.165, 1.54) is 0 Å². The van der Waals surface area contributed by atoms with Gasteiger partial charge in [0.2, 0.25) is 0 Å². The fourth-order valence-electron chi connectivity index (χ4n) is 3.89. The maximum atomic E-state index is 12.5. The van der Waals surface area contributed by atoms with Crippen molar-refractivity contribution in [3.8, 4) is 0 Å². The van der Waals surface area contributed by atoms with Crippen molar-refractivity contribution in [3.05, 3.63) is 12.7 Å². The SMILES string of the molecule is C=C[C@H]([C@H]1CC(C(=O)OCC)(C(=O)OCC)C[C@H]1O)[C@H](O)CCCCC. The second-order valence-corrected chi connectivity index (χ2v) is 7.04. The van der Waals surface area contributed by atoms with E-state index in [4.69, 9.17) is 9.47 Å². The van der Waals surface area contributed by atoms with Gasteiger partial charge in [0.25, 0.3) is 0 Å². The number of aliphatic hydroxyl groups is 2. The summed E-state index contributed by atoms with van der Waals surface area (Å²) in [5.41, 5.74) is -1.51. The van der Waals surface area contributed by atoms with E-state index in [0.717, 1.165) is 19.3 Å². The molecule has 1 rings (SSSR count). The molecule has 0 saturated heterocycles. The summed E-state index contributed by atoms with van der Waals surface area (Å²) in [6.45, 7) is 9.51. The van der Waals surface area contributed by atoms with E-state index in [0.29, 0.717) is 6.42 Å². The number of carbonyl (C=O) groups excluding carboxylic acids is 2. The Hall–Kier alpha value is -1.40. The first-order valence-electron chi connectivity index (χ1n) is 9.70. The minimum absolute atomic E-state index is 0.0542. The highest BCUT2D eigenvalue weighted by Crippen LogP contribution is 2.48. The van der Waals surface area contributed by atoms with E-state index in [2.05, 4.69) is 13.5 Å². The highest BCUT2D eigenvalue weighted by atomic mass is 16.6. The van der Waals surface area contributed by atoms with Crippen molar-refractivity contribution in [2.24, 2.45) is 17.3 Å². The first-order valence-corrected chi connectivity index (χ1v) is 9.70. The van der Waals surface area contributed by atoms with Gasteiger partial charge in [0.1, 0.15) is 0 Å². The minimum Gasteiger partial charge on any atom is -0.465 e. The van der Waals surface area contributed by atoms with Gasteiger partial charge >= 0.3 is 11.9 Å². The molecule has 0 heterocycles. The standard InChI is InChI=1S/C20H34O6/c1-5-9-10-11-16(21)14(6-2)15-12-20(13-17(15)22,18(23)25-7-3)19(24)26-8-4/h6,14-17,21-22H,2,5,7-13H2,1,3-4H3/t14-,15-,16-,17-/m1/s1. The Labute approximate surface area is 156 Å². The average molecular weight is 370 g/mol. The number of hydrogen-bond acceptors (Lipinski definition) is 6. The van der Waals surface area contributed by atoms with Crippen LogP contribution in [0.25, 0.3) is 0 Å². The van der Waals surface area contributed by atoms with Gasteiger partial charge in [-0.25, -0.2) is 0 Å². The van der Waals surface area contributed by atoms with Gasteiger partial charge in [0.15, 0.2) is 5.41 Å². The predicted molar refractivity (Wildman–Crippen MR) is 98.3 cm³/mol. The summed E-state index contributed by atoms with van der Waals surface area (Å²) in [5.74, 6) is -2.17. The third-order valence-corrected chi connectivity index (χ3v) is 5.28. The van der Waals surface area contributed by atoms with Gasteiger partial charge in [0.05, 0.1) is 25.4 Å². The fourth-order valence-corrected chi connectivity index (χ4v) is 3.89. The molecule has 0 aromatic carbocycles. The van der Waals surface area contributed by atoms with Crippen LogP contribution in [0.1, 0.15) is 59.3 Å². The molecule has 0 amide bonds. The van der Waals surface area contributed by atoms with E-state index in [-0.39, 0.29) is 26.1 Å². The first kappa shape index (κ1) is 22.6. The van der Waals surface area contributed by atoms with Gasteiger partial charge in [-0.15, -0.1) is 6.58 Å². The highest BCUT2D eigenvalue weighted by molar-refractivity contribution is 6.00. The molecule has 1 aliphatic rings. The van der Waals surface area contributed by atoms with Crippen LogP contribution in [0.2, 0.25) is 0 Å². The topological polar surface area (TPSA) is 93.1 Å². The molecule has 0 unspecified atom stereocenters. The normalized spacial score (nSPS) is 23.9. The Morgan fingerprint density at radius 2 is 1.73 bits per heavy atom. The Kier molecular flexibility index (Phi) is 9.30. The van der Waals surface area contributed by atoms with Crippen molar-refractivity contribution in [1.82, 2.24) is 0 Å². The number of carbonyl (C=O) groups is 2. The van der Waals surface area contributed by atoms with Crippen LogP contribution in [0.5, 0.6) is 0 Å². The lowest BCUT2D eigenvalue weighted by atomic mass is 9.79. The summed E-state index contributed by atoms with van der Waals surface area (Å²) in [4.78, 5) is 25.1. The largest absolute Gasteiger partial charge is 0.465 e. The molecule has 0 aromatic rings. The molecule has 4 atom stereocenters. The van der Waals surface area contributed by atoms with Crippen molar-refractivity contribution in [2.75, 3.05) is 13.2 Å². The van der Waals surface area contributed by atoms with E-state index in [1.54, 1.807) is 19.9 Å². The zero-order valence-electron chi connectivity index (χ0n) is 16.3. The van der Waals surface area contributed by atoms with Crippen molar-refractivity contribution < 1.29 is 29.3 Å². The molecule has 26 heavy (non-hydrogen) atoms. The molecule has 0 spiro atoms. The smallest absolute Gasteiger partial charge is 0.323 e. The zero-order chi connectivity index (χ0) is 19.7. The van der Waals surface area contributed by atoms with Crippen LogP contribution in [-0.4, -0.2) is 47.6 Å². The van der Waals surface area contributed by atoms with E-state index >= 15 is 0 Å². The zero-order valence-corrected chi connectivity index (χ0v) is 16.3. The Balaban J connectivity index is 3.01. The Morgan fingerprint density at radius 1 is 1.15 bits per heavy atom. The Bertz CT molecular complexity index is 457. The molecule has 1 fully saturated rings. The number of esters is 2. The van der Waals surface area contributed by atoms with Crippen molar-refractivity contribution in [2.45, 2.75) is 71.5 Å². The maximum absolute atomic E-state index is 12.5. The number of ether oxygens (including phenoxy) is 2. The summed E-state index contributed by atoms with van der Waals surface area (Å²) in [6.07, 6.45) is 3.62. The minimum atomic E-state index is -1.51. The Morgan fingerprint density at radius 3 is 2.19 bits per heavy atom. The molecule has 0 aliphatic heterocycles. The number of hydrogen-bond donors (Lipinski definition) is 2. The molecule has 0 radical (unpaired) electrons. The summed E-state index contributed by atoms with van der Waals surface area (Å²) in [7, 11) is 0. The van der Waals surface area contributed by atoms with Crippen molar-refractivity contribution >= 4 is 11.9 Å². The van der Waals surface area contributed by atoms with Crippen molar-refractivity contribution in [3.63, 3.8) is 0 Å². The number of rotatable bonds is 11. The van der Waals surface area contributed by atoms with Crippen LogP contribution in [0, 0.1) is 17.3 Å². The third kappa shape index (κ3) is 5.07. The summed E-state index contributed by atoms with van der Waals surface area (Å²) in [6, 6.07) is 0. The molecule has 150 valence electrons. The van der Waals surface area contributed by atoms with Gasteiger partial charge in [-0.1, -0.05) is 32.3 Å². The lowest BCUT2D eigenvalue weighted by molar-refractivity contribution is -0.172. The maximum Gasteiger partial charge on any atom is 0.323 e. The van der Waals surface area contributed by atoms with Gasteiger partial charge in [-0.05, 0) is 32.6 Å². The quantitative estimate of drug-likeness (QED) is 0.251. The molecule has 1 aliphatic carbocycles. The molecule has 2 N–H and O–H groups in total. The average Bonchev–Trinajstić information content (AvgIpc) is 2.95. The van der Waals surface area contributed by atoms with Crippen LogP contribution in [0.4, 0.5) is 0 Å². The second-order valence-electron chi connectivity index (χ2n) is 7.04. The van der Waals surface area contributed by atoms with Gasteiger partial charge in [0, 0.05) is 12.3 Å². The molecule has 6 heteroatoms. The monoisotopic (exact) mass is 370 g/mol. The van der Waals surface area contributed by atoms with Crippen LogP contribution in [-0.2, 0) is 19.1 Å². The number of unbranched alkanes of at least 4 members (excludes halogenated alkanes) is 2. The predicted octanol–water partition coefficient (Wildman–Crippen LogP) is 2.61. The second kappa shape index (κ2) is 10.7. The van der Waals surface area contributed by atoms with Crippen LogP contribution >= 0.6 is 0 Å². The third-order valence-electron chi connectivity index (χ3n) is 5.28. The van der Waals surface area contributed by atoms with E-state index in [1.807, 2.05) is 0 Å². The molecular weight excluding hydrogens is 336 g/mol. The van der Waals surface area contributed by atoms with E-state index < -0.39 is 41.4 Å². The fraction of sp³-hybridized carbons (Fsp3) is 0.800. The van der Waals surface area contributed by atoms with E-state index in [9.17, 15) is 19.8 Å². The van der Waals surface area contributed by atoms with Gasteiger partial charge in [-0.3, -0.25) is 9.59 Å².